The standard InChI is InChI=1S/C49H88O5Si2/c1-15-16-17-18-19-28-49(51-32-33-52-49)48(30-31-48)29-26-43(50)37(3)41-24-25-42-38(21-20-27-47(41,42)10)22-23-39-34-40(53-55(11,12)45(4,5)6)35-44(36(39)2)54-56(13,14)46(7,8)9/h22-23,37,40-44,50H,2,15-21,24-35H2,1,3-14H3/t37-,40+,41+,42-,43-,44-,47+/m0/s1. The number of unbranched alkanes of at least 4 members (excludes halogenated alkanes) is 4. The van der Waals surface area contributed by atoms with Gasteiger partial charge in [-0.2, -0.15) is 0 Å². The van der Waals surface area contributed by atoms with Gasteiger partial charge in [-0.1, -0.05) is 112 Å². The minimum Gasteiger partial charge on any atom is -0.413 e. The number of hydrogen-bond donors (Lipinski definition) is 1. The summed E-state index contributed by atoms with van der Waals surface area (Å²) in [5.74, 6) is 0.985. The Hall–Kier alpha value is -0.546. The molecule has 5 nitrogen and oxygen atoms in total. The van der Waals surface area contributed by atoms with Crippen molar-refractivity contribution in [3.8, 4) is 0 Å². The molecule has 56 heavy (non-hydrogen) atoms. The van der Waals surface area contributed by atoms with Crippen molar-refractivity contribution in [2.24, 2.45) is 28.6 Å². The molecule has 1 N–H and O–H groups in total. The van der Waals surface area contributed by atoms with Gasteiger partial charge >= 0.3 is 0 Å². The molecule has 4 saturated carbocycles. The minimum absolute atomic E-state index is 0.00104. The fourth-order valence-electron chi connectivity index (χ4n) is 11.0. The molecule has 322 valence electrons. The normalized spacial score (nSPS) is 32.2. The van der Waals surface area contributed by atoms with E-state index in [1.807, 2.05) is 0 Å². The maximum Gasteiger partial charge on any atom is 0.192 e. The smallest absolute Gasteiger partial charge is 0.192 e. The molecule has 1 saturated heterocycles. The second kappa shape index (κ2) is 17.8. The van der Waals surface area contributed by atoms with Crippen LogP contribution < -0.4 is 0 Å². The maximum atomic E-state index is 11.9. The molecule has 7 atom stereocenters. The van der Waals surface area contributed by atoms with E-state index in [0.29, 0.717) is 25.0 Å². The molecule has 0 unspecified atom stereocenters. The zero-order valence-corrected chi connectivity index (χ0v) is 40.8. The lowest BCUT2D eigenvalue weighted by Gasteiger charge is -2.46. The van der Waals surface area contributed by atoms with E-state index in [0.717, 1.165) is 32.1 Å². The summed E-state index contributed by atoms with van der Waals surface area (Å²) in [7, 11) is -3.98. The third-order valence-electron chi connectivity index (χ3n) is 17.0. The molecule has 1 aliphatic heterocycles. The lowest BCUT2D eigenvalue weighted by Crippen LogP contribution is -2.49. The van der Waals surface area contributed by atoms with Crippen LogP contribution in [-0.2, 0) is 18.3 Å². The largest absolute Gasteiger partial charge is 0.413 e. The first kappa shape index (κ1) is 46.5. The predicted octanol–water partition coefficient (Wildman–Crippen LogP) is 13.8. The monoisotopic (exact) mass is 813 g/mol. The van der Waals surface area contributed by atoms with E-state index in [2.05, 4.69) is 101 Å². The average molecular weight is 813 g/mol. The van der Waals surface area contributed by atoms with Gasteiger partial charge in [0, 0.05) is 18.3 Å². The number of fused-ring (bicyclic) bond motifs is 1. The number of hydrogen-bond acceptors (Lipinski definition) is 5. The summed E-state index contributed by atoms with van der Waals surface area (Å²) in [6, 6.07) is 0. The summed E-state index contributed by atoms with van der Waals surface area (Å²) in [4.78, 5) is 0. The van der Waals surface area contributed by atoms with Crippen LogP contribution in [-0.4, -0.2) is 59.1 Å². The van der Waals surface area contributed by atoms with E-state index in [4.69, 9.17) is 24.9 Å². The van der Waals surface area contributed by atoms with Gasteiger partial charge in [-0.15, -0.1) is 0 Å². The van der Waals surface area contributed by atoms with E-state index in [1.165, 1.54) is 88.2 Å². The molecule has 5 fully saturated rings. The van der Waals surface area contributed by atoms with Crippen molar-refractivity contribution in [2.75, 3.05) is 13.2 Å². The highest BCUT2D eigenvalue weighted by Gasteiger charge is 2.62. The van der Waals surface area contributed by atoms with Crippen molar-refractivity contribution in [3.63, 3.8) is 0 Å². The maximum absolute atomic E-state index is 11.9. The Morgan fingerprint density at radius 3 is 2.11 bits per heavy atom. The van der Waals surface area contributed by atoms with Crippen LogP contribution in [0.1, 0.15) is 171 Å². The molecule has 5 rings (SSSR count). The summed E-state index contributed by atoms with van der Waals surface area (Å²) in [6.45, 7) is 36.9. The number of ether oxygens (including phenoxy) is 2. The van der Waals surface area contributed by atoms with E-state index in [1.54, 1.807) is 5.57 Å². The molecular formula is C49H88O5Si2. The number of rotatable bonds is 17. The summed E-state index contributed by atoms with van der Waals surface area (Å²) in [5, 5.41) is 12.2. The Morgan fingerprint density at radius 1 is 0.875 bits per heavy atom. The Morgan fingerprint density at radius 2 is 1.50 bits per heavy atom. The molecule has 4 aliphatic carbocycles. The van der Waals surface area contributed by atoms with Gasteiger partial charge in [-0.3, -0.25) is 0 Å². The molecule has 7 heteroatoms. The predicted molar refractivity (Wildman–Crippen MR) is 241 cm³/mol. The Balaban J connectivity index is 1.28. The van der Waals surface area contributed by atoms with E-state index >= 15 is 0 Å². The van der Waals surface area contributed by atoms with Gasteiger partial charge in [0.15, 0.2) is 22.4 Å². The van der Waals surface area contributed by atoms with Crippen molar-refractivity contribution >= 4 is 16.6 Å². The van der Waals surface area contributed by atoms with Crippen molar-refractivity contribution in [2.45, 2.75) is 232 Å². The lowest BCUT2D eigenvalue weighted by atomic mass is 9.60. The highest BCUT2D eigenvalue weighted by Crippen LogP contribution is 2.63. The van der Waals surface area contributed by atoms with Crippen LogP contribution in [0.15, 0.2) is 35.5 Å². The topological polar surface area (TPSA) is 57.2 Å². The van der Waals surface area contributed by atoms with Crippen LogP contribution in [0.3, 0.4) is 0 Å². The average Bonchev–Trinajstić information content (AvgIpc) is 3.59. The Bertz CT molecular complexity index is 1390. The van der Waals surface area contributed by atoms with Gasteiger partial charge in [0.2, 0.25) is 0 Å². The van der Waals surface area contributed by atoms with Crippen molar-refractivity contribution in [1.82, 2.24) is 0 Å². The van der Waals surface area contributed by atoms with Crippen molar-refractivity contribution in [1.29, 1.82) is 0 Å². The van der Waals surface area contributed by atoms with Crippen molar-refractivity contribution in [3.05, 3.63) is 35.5 Å². The van der Waals surface area contributed by atoms with E-state index in [-0.39, 0.29) is 45.1 Å². The molecule has 0 bridgehead atoms. The van der Waals surface area contributed by atoms with Gasteiger partial charge in [-0.25, -0.2) is 0 Å². The summed E-state index contributed by atoms with van der Waals surface area (Å²) in [6.07, 6.45) is 24.3. The molecule has 1 heterocycles. The van der Waals surface area contributed by atoms with Crippen LogP contribution in [0.25, 0.3) is 0 Å². The first-order chi connectivity index (χ1) is 26.0. The molecule has 5 aliphatic rings. The molecule has 0 aromatic rings. The molecule has 0 spiro atoms. The van der Waals surface area contributed by atoms with Gasteiger partial charge in [0.25, 0.3) is 0 Å². The molecule has 0 amide bonds. The first-order valence-electron chi connectivity index (χ1n) is 23.4. The zero-order chi connectivity index (χ0) is 41.4. The number of allylic oxidation sites excluding steroid dienone is 3. The van der Waals surface area contributed by atoms with Crippen LogP contribution in [0, 0.1) is 28.6 Å². The summed E-state index contributed by atoms with van der Waals surface area (Å²) in [5.41, 5.74) is 4.43. The highest BCUT2D eigenvalue weighted by atomic mass is 28.4. The minimum atomic E-state index is -2.01. The third kappa shape index (κ3) is 9.97. The SMILES string of the molecule is C=C1C(=CC=C2CCC[C@]3(C)[C@@H]([C@H](C)[C@@H](O)CCC4(C5(CCCCCCC)OCCO5)CC4)CC[C@@H]23)C[C@@H](O[Si](C)(C)C(C)(C)C)C[C@@H]1O[Si](C)(C)C(C)(C)C. The van der Waals surface area contributed by atoms with Gasteiger partial charge < -0.3 is 23.4 Å². The van der Waals surface area contributed by atoms with Crippen LogP contribution in [0.2, 0.25) is 36.3 Å². The van der Waals surface area contributed by atoms with Gasteiger partial charge in [0.1, 0.15) is 0 Å². The number of aliphatic hydroxyl groups excluding tert-OH is 1. The molecule has 0 aromatic carbocycles. The second-order valence-corrected chi connectivity index (χ2v) is 32.2. The van der Waals surface area contributed by atoms with Crippen LogP contribution >= 0.6 is 0 Å². The van der Waals surface area contributed by atoms with E-state index in [9.17, 15) is 5.11 Å². The molecular weight excluding hydrogens is 725 g/mol. The van der Waals surface area contributed by atoms with Crippen LogP contribution in [0.5, 0.6) is 0 Å². The number of aliphatic hydroxyl groups is 1. The van der Waals surface area contributed by atoms with Crippen LogP contribution in [0.4, 0.5) is 0 Å². The first-order valence-corrected chi connectivity index (χ1v) is 29.2. The third-order valence-corrected chi connectivity index (χ3v) is 26.0. The molecule has 0 aromatic heterocycles. The zero-order valence-electron chi connectivity index (χ0n) is 38.8. The highest BCUT2D eigenvalue weighted by molar-refractivity contribution is 6.74. The lowest BCUT2D eigenvalue weighted by molar-refractivity contribution is -0.215. The van der Waals surface area contributed by atoms with E-state index < -0.39 is 22.4 Å². The van der Waals surface area contributed by atoms with Gasteiger partial charge in [0.05, 0.1) is 31.5 Å². The van der Waals surface area contributed by atoms with Crippen molar-refractivity contribution < 1.29 is 23.4 Å². The van der Waals surface area contributed by atoms with Gasteiger partial charge in [-0.05, 0) is 141 Å². The fraction of sp³-hybridized carbons (Fsp3) is 0.878. The fourth-order valence-corrected chi connectivity index (χ4v) is 13.6. The quantitative estimate of drug-likeness (QED) is 0.117. The summed E-state index contributed by atoms with van der Waals surface area (Å²) >= 11 is 0. The Labute approximate surface area is 347 Å². The summed E-state index contributed by atoms with van der Waals surface area (Å²) < 4.78 is 27.3. The molecule has 0 radical (unpaired) electrons. The second-order valence-electron chi connectivity index (χ2n) is 22.7. The Kier molecular flexibility index (Phi) is 14.8.